The molecule has 4 N–H and O–H groups in total. The number of nitriles is 1. The zero-order valence-corrected chi connectivity index (χ0v) is 9.56. The Kier molecular flexibility index (Phi) is 4.19. The maximum atomic E-state index is 11.5. The minimum absolute atomic E-state index is 0.117. The van der Waals surface area contributed by atoms with Crippen LogP contribution in [-0.4, -0.2) is 29.9 Å². The van der Waals surface area contributed by atoms with Crippen LogP contribution in [0.2, 0.25) is 0 Å². The summed E-state index contributed by atoms with van der Waals surface area (Å²) in [4.78, 5) is 22.3. The highest BCUT2D eigenvalue weighted by Gasteiger charge is 2.29. The van der Waals surface area contributed by atoms with Crippen LogP contribution in [0.25, 0.3) is 0 Å². The Hall–Kier alpha value is -1.68. The van der Waals surface area contributed by atoms with Gasteiger partial charge < -0.3 is 16.4 Å². The van der Waals surface area contributed by atoms with Gasteiger partial charge in [-0.05, 0) is 18.4 Å². The number of carbonyl (C=O) groups excluding carboxylic acids is 2. The van der Waals surface area contributed by atoms with Crippen LogP contribution in [-0.2, 0) is 9.59 Å². The van der Waals surface area contributed by atoms with E-state index >= 15 is 0 Å². The molecule has 7 heteroatoms. The van der Waals surface area contributed by atoms with E-state index in [1.165, 1.54) is 0 Å². The number of carbonyl (C=O) groups is 2. The second-order valence-electron chi connectivity index (χ2n) is 3.19. The second kappa shape index (κ2) is 5.42. The summed E-state index contributed by atoms with van der Waals surface area (Å²) in [6.07, 6.45) is 2.57. The largest absolute Gasteiger partial charge is 0.365 e. The van der Waals surface area contributed by atoms with Crippen molar-refractivity contribution in [3.63, 3.8) is 0 Å². The number of hydrogen-bond acceptors (Lipinski definition) is 5. The van der Waals surface area contributed by atoms with Gasteiger partial charge in [0.15, 0.2) is 5.57 Å². The van der Waals surface area contributed by atoms with E-state index in [0.717, 1.165) is 5.75 Å². The third kappa shape index (κ3) is 2.67. The average molecular weight is 240 g/mol. The smallest absolute Gasteiger partial charge is 0.263 e. The first-order valence-electron chi connectivity index (χ1n) is 4.60. The molecule has 1 rings (SSSR count). The monoisotopic (exact) mass is 240 g/mol. The van der Waals surface area contributed by atoms with Crippen LogP contribution in [0.3, 0.4) is 0 Å². The Labute approximate surface area is 97.2 Å². The Bertz CT molecular complexity index is 385. The summed E-state index contributed by atoms with van der Waals surface area (Å²) in [6, 6.07) is 1.27. The molecule has 1 atom stereocenters. The quantitative estimate of drug-likeness (QED) is 0.433. The molecule has 1 saturated heterocycles. The summed E-state index contributed by atoms with van der Waals surface area (Å²) in [5.41, 5.74) is 4.75. The SMILES string of the molecule is CSCC[C@@H]1N/C(=C(/C#N)C(N)=O)NC1=O. The highest BCUT2D eigenvalue weighted by molar-refractivity contribution is 7.98. The molecule has 1 fully saturated rings. The topological polar surface area (TPSA) is 108 Å². The van der Waals surface area contributed by atoms with Crippen LogP contribution in [0.1, 0.15) is 6.42 Å². The molecular weight excluding hydrogens is 228 g/mol. The maximum absolute atomic E-state index is 11.5. The number of thioether (sulfide) groups is 1. The first kappa shape index (κ1) is 12.4. The molecule has 6 nitrogen and oxygen atoms in total. The second-order valence-corrected chi connectivity index (χ2v) is 4.18. The zero-order valence-electron chi connectivity index (χ0n) is 8.74. The van der Waals surface area contributed by atoms with Gasteiger partial charge in [-0.3, -0.25) is 9.59 Å². The van der Waals surface area contributed by atoms with Gasteiger partial charge in [0.25, 0.3) is 5.91 Å². The third-order valence-corrected chi connectivity index (χ3v) is 2.75. The molecule has 0 bridgehead atoms. The van der Waals surface area contributed by atoms with Gasteiger partial charge in [0.1, 0.15) is 17.9 Å². The van der Waals surface area contributed by atoms with E-state index in [1.807, 2.05) is 6.26 Å². The number of rotatable bonds is 4. The Morgan fingerprint density at radius 3 is 2.88 bits per heavy atom. The lowest BCUT2D eigenvalue weighted by molar-refractivity contribution is -0.120. The van der Waals surface area contributed by atoms with Crippen LogP contribution in [0.4, 0.5) is 0 Å². The molecule has 0 unspecified atom stereocenters. The van der Waals surface area contributed by atoms with Crippen molar-refractivity contribution in [3.05, 3.63) is 11.4 Å². The van der Waals surface area contributed by atoms with Gasteiger partial charge in [-0.2, -0.15) is 17.0 Å². The van der Waals surface area contributed by atoms with E-state index in [2.05, 4.69) is 10.6 Å². The molecular formula is C9H12N4O2S. The number of primary amides is 1. The third-order valence-electron chi connectivity index (χ3n) is 2.10. The van der Waals surface area contributed by atoms with Crippen molar-refractivity contribution in [1.29, 1.82) is 5.26 Å². The van der Waals surface area contributed by atoms with Gasteiger partial charge in [-0.15, -0.1) is 0 Å². The molecule has 1 aliphatic heterocycles. The van der Waals surface area contributed by atoms with Gasteiger partial charge >= 0.3 is 0 Å². The molecule has 0 aromatic heterocycles. The van der Waals surface area contributed by atoms with Crippen molar-refractivity contribution >= 4 is 23.6 Å². The first-order chi connectivity index (χ1) is 7.60. The number of nitrogens with one attached hydrogen (secondary N) is 2. The number of nitrogens with zero attached hydrogens (tertiary/aromatic N) is 1. The molecule has 0 radical (unpaired) electrons. The fourth-order valence-electron chi connectivity index (χ4n) is 1.29. The fourth-order valence-corrected chi connectivity index (χ4v) is 1.77. The summed E-state index contributed by atoms with van der Waals surface area (Å²) < 4.78 is 0. The Balaban J connectivity index is 2.80. The molecule has 0 spiro atoms. The molecule has 0 saturated carbocycles. The molecule has 0 aromatic carbocycles. The van der Waals surface area contributed by atoms with Gasteiger partial charge in [-0.25, -0.2) is 0 Å². The molecule has 1 aliphatic rings. The summed E-state index contributed by atoms with van der Waals surface area (Å²) in [6.45, 7) is 0. The molecule has 86 valence electrons. The van der Waals surface area contributed by atoms with E-state index in [4.69, 9.17) is 11.0 Å². The van der Waals surface area contributed by atoms with Crippen molar-refractivity contribution in [3.8, 4) is 6.07 Å². The lowest BCUT2D eigenvalue weighted by Crippen LogP contribution is -2.28. The van der Waals surface area contributed by atoms with Crippen LogP contribution in [0.5, 0.6) is 0 Å². The van der Waals surface area contributed by atoms with E-state index in [0.29, 0.717) is 6.42 Å². The van der Waals surface area contributed by atoms with E-state index in [-0.39, 0.29) is 17.3 Å². The Morgan fingerprint density at radius 2 is 2.38 bits per heavy atom. The summed E-state index contributed by atoms with van der Waals surface area (Å²) in [7, 11) is 0. The highest BCUT2D eigenvalue weighted by Crippen LogP contribution is 2.10. The van der Waals surface area contributed by atoms with Crippen molar-refractivity contribution in [1.82, 2.24) is 10.6 Å². The van der Waals surface area contributed by atoms with Crippen LogP contribution in [0, 0.1) is 11.3 Å². The molecule has 0 aliphatic carbocycles. The van der Waals surface area contributed by atoms with Crippen molar-refractivity contribution in [2.45, 2.75) is 12.5 Å². The predicted molar refractivity (Wildman–Crippen MR) is 59.9 cm³/mol. The zero-order chi connectivity index (χ0) is 12.1. The molecule has 0 aromatic rings. The fraction of sp³-hybridized carbons (Fsp3) is 0.444. The van der Waals surface area contributed by atoms with Crippen molar-refractivity contribution in [2.24, 2.45) is 5.73 Å². The van der Waals surface area contributed by atoms with Gasteiger partial charge in [-0.1, -0.05) is 0 Å². The predicted octanol–water partition coefficient (Wildman–Crippen LogP) is -0.952. The van der Waals surface area contributed by atoms with E-state index in [1.54, 1.807) is 17.8 Å². The van der Waals surface area contributed by atoms with Crippen LogP contribution < -0.4 is 16.4 Å². The summed E-state index contributed by atoms with van der Waals surface area (Å²) >= 11 is 1.62. The van der Waals surface area contributed by atoms with E-state index < -0.39 is 11.9 Å². The normalized spacial score (nSPS) is 22.0. The van der Waals surface area contributed by atoms with Crippen LogP contribution >= 0.6 is 11.8 Å². The van der Waals surface area contributed by atoms with Gasteiger partial charge in [0.05, 0.1) is 0 Å². The first-order valence-corrected chi connectivity index (χ1v) is 6.00. The van der Waals surface area contributed by atoms with Gasteiger partial charge in [0.2, 0.25) is 5.91 Å². The lowest BCUT2D eigenvalue weighted by atomic mass is 10.2. The van der Waals surface area contributed by atoms with Crippen molar-refractivity contribution < 1.29 is 9.59 Å². The number of hydrogen-bond donors (Lipinski definition) is 3. The maximum Gasteiger partial charge on any atom is 0.263 e. The molecule has 1 heterocycles. The summed E-state index contributed by atoms with van der Waals surface area (Å²) in [5, 5.41) is 13.9. The standard InChI is InChI=1S/C9H12N4O2S/c1-16-3-2-6-9(15)13-8(12-6)5(4-10)7(11)14/h6,12H,2-3H2,1H3,(H2,11,14)(H,13,15)/b8-5+/t6-/m0/s1. The lowest BCUT2D eigenvalue weighted by Gasteiger charge is -2.06. The van der Waals surface area contributed by atoms with E-state index in [9.17, 15) is 9.59 Å². The summed E-state index contributed by atoms with van der Waals surface area (Å²) in [5.74, 6) is -0.156. The highest BCUT2D eigenvalue weighted by atomic mass is 32.2. The minimum Gasteiger partial charge on any atom is -0.365 e. The number of nitrogens with two attached hydrogens (primary N) is 1. The Morgan fingerprint density at radius 1 is 1.69 bits per heavy atom. The number of amides is 2. The van der Waals surface area contributed by atoms with Crippen molar-refractivity contribution in [2.75, 3.05) is 12.0 Å². The molecule has 2 amide bonds. The van der Waals surface area contributed by atoms with Crippen LogP contribution in [0.15, 0.2) is 11.4 Å². The average Bonchev–Trinajstić information content (AvgIpc) is 2.57. The van der Waals surface area contributed by atoms with Gasteiger partial charge in [0, 0.05) is 0 Å². The minimum atomic E-state index is -0.851. The molecule has 16 heavy (non-hydrogen) atoms.